The third-order valence-corrected chi connectivity index (χ3v) is 3.27. The van der Waals surface area contributed by atoms with E-state index >= 15 is 0 Å². The van der Waals surface area contributed by atoms with Gasteiger partial charge >= 0.3 is 0 Å². The van der Waals surface area contributed by atoms with Crippen molar-refractivity contribution in [3.63, 3.8) is 0 Å². The van der Waals surface area contributed by atoms with Crippen LogP contribution in [0, 0.1) is 11.8 Å². The van der Waals surface area contributed by atoms with Crippen molar-refractivity contribution in [3.05, 3.63) is 12.7 Å². The van der Waals surface area contributed by atoms with Gasteiger partial charge in [0, 0.05) is 5.92 Å². The first-order valence-electron chi connectivity index (χ1n) is 3.09. The Morgan fingerprint density at radius 2 is 2.11 bits per heavy atom. The van der Waals surface area contributed by atoms with Crippen molar-refractivity contribution in [2.75, 3.05) is 0 Å². The molecule has 0 N–H and O–H groups in total. The molecule has 0 spiro atoms. The smallest absolute Gasteiger partial charge is 0.103 e. The van der Waals surface area contributed by atoms with Gasteiger partial charge in [-0.25, -0.2) is 0 Å². The van der Waals surface area contributed by atoms with Crippen molar-refractivity contribution < 1.29 is 0 Å². The van der Waals surface area contributed by atoms with Crippen LogP contribution in [-0.4, -0.2) is 4.33 Å². The number of halogens is 2. The van der Waals surface area contributed by atoms with Crippen LogP contribution < -0.4 is 0 Å². The van der Waals surface area contributed by atoms with E-state index in [9.17, 15) is 0 Å². The summed E-state index contributed by atoms with van der Waals surface area (Å²) in [6, 6.07) is 0. The first kappa shape index (κ1) is 7.43. The maximum atomic E-state index is 5.85. The second kappa shape index (κ2) is 2.17. The van der Waals surface area contributed by atoms with Gasteiger partial charge < -0.3 is 0 Å². The summed E-state index contributed by atoms with van der Waals surface area (Å²) in [7, 11) is 0. The number of rotatable bonds is 2. The first-order valence-corrected chi connectivity index (χ1v) is 3.85. The fourth-order valence-electron chi connectivity index (χ4n) is 1.10. The summed E-state index contributed by atoms with van der Waals surface area (Å²) >= 11 is 11.7. The number of hydrogen-bond acceptors (Lipinski definition) is 0. The molecule has 0 aliphatic heterocycles. The molecular weight excluding hydrogens is 155 g/mol. The Kier molecular flexibility index (Phi) is 1.79. The lowest BCUT2D eigenvalue weighted by Gasteiger charge is -1.91. The van der Waals surface area contributed by atoms with Crippen molar-refractivity contribution in [2.24, 2.45) is 11.8 Å². The molecule has 0 aromatic heterocycles. The van der Waals surface area contributed by atoms with Gasteiger partial charge in [-0.1, -0.05) is 13.0 Å². The fraction of sp³-hybridized carbons (Fsp3) is 0.714. The van der Waals surface area contributed by atoms with Crippen LogP contribution in [0.2, 0.25) is 0 Å². The number of alkyl halides is 2. The third-order valence-electron chi connectivity index (χ3n) is 2.02. The average molecular weight is 165 g/mol. The van der Waals surface area contributed by atoms with Crippen LogP contribution in [0.1, 0.15) is 13.3 Å². The molecule has 0 amide bonds. The minimum atomic E-state index is -0.450. The van der Waals surface area contributed by atoms with Crippen LogP contribution in [0.25, 0.3) is 0 Å². The lowest BCUT2D eigenvalue weighted by atomic mass is 10.2. The van der Waals surface area contributed by atoms with Gasteiger partial charge in [-0.05, 0) is 12.3 Å². The van der Waals surface area contributed by atoms with Crippen molar-refractivity contribution in [1.29, 1.82) is 0 Å². The highest BCUT2D eigenvalue weighted by Gasteiger charge is 2.58. The van der Waals surface area contributed by atoms with Gasteiger partial charge in [-0.15, -0.1) is 29.8 Å². The van der Waals surface area contributed by atoms with Gasteiger partial charge in [0.1, 0.15) is 4.33 Å². The zero-order chi connectivity index (χ0) is 7.07. The lowest BCUT2D eigenvalue weighted by molar-refractivity contribution is 0.766. The summed E-state index contributed by atoms with van der Waals surface area (Å²) in [4.78, 5) is 0. The van der Waals surface area contributed by atoms with E-state index in [1.54, 1.807) is 0 Å². The monoisotopic (exact) mass is 164 g/mol. The second-order valence-electron chi connectivity index (χ2n) is 2.59. The van der Waals surface area contributed by atoms with E-state index in [4.69, 9.17) is 23.2 Å². The normalized spacial score (nSPS) is 38.1. The van der Waals surface area contributed by atoms with E-state index in [2.05, 4.69) is 13.5 Å². The summed E-state index contributed by atoms with van der Waals surface area (Å²) in [6.45, 7) is 5.69. The molecule has 1 saturated carbocycles. The van der Waals surface area contributed by atoms with Gasteiger partial charge in [-0.3, -0.25) is 0 Å². The second-order valence-corrected chi connectivity index (χ2v) is 4.04. The van der Waals surface area contributed by atoms with E-state index in [0.717, 1.165) is 6.42 Å². The van der Waals surface area contributed by atoms with Crippen molar-refractivity contribution in [3.8, 4) is 0 Å². The van der Waals surface area contributed by atoms with Crippen molar-refractivity contribution in [2.45, 2.75) is 17.7 Å². The van der Waals surface area contributed by atoms with Crippen molar-refractivity contribution in [1.82, 2.24) is 0 Å². The summed E-state index contributed by atoms with van der Waals surface area (Å²) in [5.74, 6) is 0.886. The van der Waals surface area contributed by atoms with Crippen LogP contribution in [0.15, 0.2) is 12.7 Å². The Morgan fingerprint density at radius 1 is 1.67 bits per heavy atom. The van der Waals surface area contributed by atoms with Crippen LogP contribution in [0.3, 0.4) is 0 Å². The van der Waals surface area contributed by atoms with E-state index < -0.39 is 4.33 Å². The molecule has 0 radical (unpaired) electrons. The number of allylic oxidation sites excluding steroid dienone is 1. The minimum Gasteiger partial charge on any atom is -0.103 e. The van der Waals surface area contributed by atoms with Crippen LogP contribution in [-0.2, 0) is 0 Å². The molecular formula is C7H10Cl2. The predicted molar refractivity (Wildman–Crippen MR) is 41.9 cm³/mol. The molecule has 0 heterocycles. The highest BCUT2D eigenvalue weighted by Crippen LogP contribution is 2.60. The highest BCUT2D eigenvalue weighted by molar-refractivity contribution is 6.51. The van der Waals surface area contributed by atoms with E-state index in [0.29, 0.717) is 11.8 Å². The summed E-state index contributed by atoms with van der Waals surface area (Å²) < 4.78 is -0.450. The van der Waals surface area contributed by atoms with E-state index in [1.807, 2.05) is 6.08 Å². The zero-order valence-corrected chi connectivity index (χ0v) is 6.91. The molecule has 1 aliphatic rings. The minimum absolute atomic E-state index is 0.443. The molecule has 52 valence electrons. The fourth-order valence-corrected chi connectivity index (χ4v) is 1.84. The molecule has 0 bridgehead atoms. The molecule has 0 nitrogen and oxygen atoms in total. The van der Waals surface area contributed by atoms with E-state index in [1.165, 1.54) is 0 Å². The third kappa shape index (κ3) is 1.11. The zero-order valence-electron chi connectivity index (χ0n) is 5.40. The molecule has 0 aromatic carbocycles. The summed E-state index contributed by atoms with van der Waals surface area (Å²) in [5.41, 5.74) is 0. The van der Waals surface area contributed by atoms with E-state index in [-0.39, 0.29) is 0 Å². The number of hydrogen-bond donors (Lipinski definition) is 0. The predicted octanol–water partition coefficient (Wildman–Crippen LogP) is 3.00. The van der Waals surface area contributed by atoms with Gasteiger partial charge in [0.25, 0.3) is 0 Å². The average Bonchev–Trinajstić information content (AvgIpc) is 2.19. The Balaban J connectivity index is 2.42. The molecule has 9 heavy (non-hydrogen) atoms. The Labute approximate surface area is 65.8 Å². The van der Waals surface area contributed by atoms with Gasteiger partial charge in [0.15, 0.2) is 0 Å². The largest absolute Gasteiger partial charge is 0.124 e. The molecule has 1 fully saturated rings. The quantitative estimate of drug-likeness (QED) is 0.435. The molecule has 0 unspecified atom stereocenters. The van der Waals surface area contributed by atoms with Crippen LogP contribution in [0.5, 0.6) is 0 Å². The SMILES string of the molecule is C=CC[C@@H]1[C@H](C)C1(Cl)Cl. The van der Waals surface area contributed by atoms with Crippen LogP contribution in [0.4, 0.5) is 0 Å². The highest BCUT2D eigenvalue weighted by atomic mass is 35.5. The molecule has 1 aliphatic carbocycles. The van der Waals surface area contributed by atoms with Gasteiger partial charge in [0.2, 0.25) is 0 Å². The van der Waals surface area contributed by atoms with Crippen LogP contribution >= 0.6 is 23.2 Å². The summed E-state index contributed by atoms with van der Waals surface area (Å²) in [6.07, 6.45) is 2.81. The maximum Gasteiger partial charge on any atom is 0.124 e. The topological polar surface area (TPSA) is 0 Å². The Morgan fingerprint density at radius 3 is 2.22 bits per heavy atom. The van der Waals surface area contributed by atoms with Gasteiger partial charge in [-0.2, -0.15) is 0 Å². The lowest BCUT2D eigenvalue weighted by Crippen LogP contribution is -1.87. The summed E-state index contributed by atoms with van der Waals surface area (Å²) in [5, 5.41) is 0. The molecule has 2 atom stereocenters. The first-order chi connectivity index (χ1) is 4.10. The van der Waals surface area contributed by atoms with Crippen molar-refractivity contribution >= 4 is 23.2 Å². The molecule has 0 aromatic rings. The standard InChI is InChI=1S/C7H10Cl2/c1-3-4-6-5(2)7(6,8)9/h3,5-6H,1,4H2,2H3/t5-,6+/m0/s1. The molecule has 0 saturated heterocycles. The molecule has 2 heteroatoms. The molecule has 1 rings (SSSR count). The van der Waals surface area contributed by atoms with Gasteiger partial charge in [0.05, 0.1) is 0 Å². The Hall–Kier alpha value is 0.320. The Bertz CT molecular complexity index is 129. The maximum absolute atomic E-state index is 5.85.